The maximum absolute atomic E-state index is 13.7. The highest BCUT2D eigenvalue weighted by atomic mass is 35.5. The Morgan fingerprint density at radius 2 is 1.79 bits per heavy atom. The summed E-state index contributed by atoms with van der Waals surface area (Å²) in [4.78, 5) is 18.8. The molecule has 0 fully saturated rings. The molecule has 1 unspecified atom stereocenters. The monoisotopic (exact) mass is 464 g/mol. The smallest absolute Gasteiger partial charge is 0.274 e. The molecule has 0 spiro atoms. The number of benzene rings is 3. The van der Waals surface area contributed by atoms with E-state index in [2.05, 4.69) is 30.1 Å². The van der Waals surface area contributed by atoms with Gasteiger partial charge in [-0.1, -0.05) is 24.3 Å². The van der Waals surface area contributed by atoms with Gasteiger partial charge in [0.25, 0.3) is 5.91 Å². The molecule has 33 heavy (non-hydrogen) atoms. The molecule has 1 atom stereocenters. The molecule has 2 heterocycles. The minimum Gasteiger partial charge on any atom is -0.493 e. The van der Waals surface area contributed by atoms with Crippen molar-refractivity contribution in [2.24, 2.45) is 0 Å². The highest BCUT2D eigenvalue weighted by Crippen LogP contribution is 2.45. The van der Waals surface area contributed by atoms with Crippen LogP contribution < -0.4 is 19.1 Å². The Morgan fingerprint density at radius 3 is 2.45 bits per heavy atom. The number of aromatic nitrogens is 1. The van der Waals surface area contributed by atoms with E-state index in [-0.39, 0.29) is 11.8 Å². The van der Waals surface area contributed by atoms with Crippen LogP contribution in [0.5, 0.6) is 17.2 Å². The fourth-order valence-corrected chi connectivity index (χ4v) is 5.20. The van der Waals surface area contributed by atoms with Gasteiger partial charge in [0.15, 0.2) is 11.5 Å². The maximum atomic E-state index is 13.7. The van der Waals surface area contributed by atoms with Gasteiger partial charge in [-0.25, -0.2) is 0 Å². The Hall–Kier alpha value is -3.38. The molecule has 1 N–H and O–H groups in total. The number of ether oxygens (including phenoxy) is 3. The first-order valence-electron chi connectivity index (χ1n) is 10.7. The zero-order valence-corrected chi connectivity index (χ0v) is 19.7. The summed E-state index contributed by atoms with van der Waals surface area (Å²) in [5.74, 6) is 1.90. The van der Waals surface area contributed by atoms with Crippen molar-refractivity contribution in [3.63, 3.8) is 0 Å². The molecule has 4 aromatic rings. The van der Waals surface area contributed by atoms with Crippen molar-refractivity contribution in [3.8, 4) is 17.2 Å². The molecular weight excluding hydrogens is 440 g/mol. The Labute approximate surface area is 197 Å². The number of hydrogen-bond acceptors (Lipinski definition) is 4. The summed E-state index contributed by atoms with van der Waals surface area (Å²) >= 11 is 6.37. The Balaban J connectivity index is 1.64. The molecule has 0 saturated heterocycles. The van der Waals surface area contributed by atoms with E-state index in [0.29, 0.717) is 40.9 Å². The Kier molecular flexibility index (Phi) is 5.33. The first kappa shape index (κ1) is 21.5. The molecule has 0 aliphatic carbocycles. The van der Waals surface area contributed by atoms with Gasteiger partial charge in [-0.15, -0.1) is 11.6 Å². The number of H-pyrrole nitrogens is 1. The van der Waals surface area contributed by atoms with Gasteiger partial charge >= 0.3 is 0 Å². The molecule has 0 saturated carbocycles. The van der Waals surface area contributed by atoms with Crippen LogP contribution in [0.25, 0.3) is 21.7 Å². The predicted octanol–water partition coefficient (Wildman–Crippen LogP) is 5.64. The first-order chi connectivity index (χ1) is 16.0. The van der Waals surface area contributed by atoms with Crippen molar-refractivity contribution in [2.45, 2.75) is 12.8 Å². The van der Waals surface area contributed by atoms with Gasteiger partial charge in [0.1, 0.15) is 5.69 Å². The third-order valence-corrected chi connectivity index (χ3v) is 6.83. The van der Waals surface area contributed by atoms with Gasteiger partial charge in [-0.05, 0) is 47.0 Å². The molecule has 1 amide bonds. The molecule has 0 bridgehead atoms. The van der Waals surface area contributed by atoms with Gasteiger partial charge in [-0.2, -0.15) is 0 Å². The summed E-state index contributed by atoms with van der Waals surface area (Å²) in [6, 6.07) is 14.0. The molecule has 3 aromatic carbocycles. The van der Waals surface area contributed by atoms with Crippen LogP contribution >= 0.6 is 11.6 Å². The van der Waals surface area contributed by atoms with E-state index in [1.54, 1.807) is 21.3 Å². The number of rotatable bonds is 5. The highest BCUT2D eigenvalue weighted by molar-refractivity contribution is 6.19. The molecule has 1 aliphatic rings. The van der Waals surface area contributed by atoms with E-state index in [0.717, 1.165) is 27.6 Å². The van der Waals surface area contributed by atoms with Crippen LogP contribution in [-0.2, 0) is 0 Å². The van der Waals surface area contributed by atoms with Crippen LogP contribution in [0, 0.1) is 6.92 Å². The second-order valence-electron chi connectivity index (χ2n) is 8.23. The van der Waals surface area contributed by atoms with E-state index in [4.69, 9.17) is 25.8 Å². The number of alkyl halides is 1. The van der Waals surface area contributed by atoms with Crippen LogP contribution in [0.4, 0.5) is 5.69 Å². The zero-order valence-electron chi connectivity index (χ0n) is 19.0. The molecule has 6 nitrogen and oxygen atoms in total. The average molecular weight is 465 g/mol. The van der Waals surface area contributed by atoms with E-state index in [1.165, 1.54) is 5.39 Å². The van der Waals surface area contributed by atoms with Crippen LogP contribution in [-0.4, -0.2) is 44.6 Å². The minimum atomic E-state index is -0.116. The number of fused-ring (bicyclic) bond motifs is 4. The number of nitrogens with one attached hydrogen (secondary N) is 1. The normalized spacial score (nSPS) is 15.2. The van der Waals surface area contributed by atoms with E-state index >= 15 is 0 Å². The minimum absolute atomic E-state index is 0.0650. The summed E-state index contributed by atoms with van der Waals surface area (Å²) in [6.07, 6.45) is 0. The quantitative estimate of drug-likeness (QED) is 0.388. The number of hydrogen-bond donors (Lipinski definition) is 1. The van der Waals surface area contributed by atoms with Crippen molar-refractivity contribution in [3.05, 3.63) is 59.3 Å². The predicted molar refractivity (Wildman–Crippen MR) is 132 cm³/mol. The number of amides is 1. The maximum Gasteiger partial charge on any atom is 0.274 e. The fourth-order valence-electron chi connectivity index (χ4n) is 4.95. The molecule has 170 valence electrons. The SMILES string of the molecule is COc1cc2cc(C(=O)N3CC(CCl)c4c3cc(C)c3ccccc43)[nH]c2c(OC)c1OC. The van der Waals surface area contributed by atoms with Crippen molar-refractivity contribution in [1.29, 1.82) is 0 Å². The summed E-state index contributed by atoms with van der Waals surface area (Å²) < 4.78 is 16.5. The van der Waals surface area contributed by atoms with Crippen LogP contribution in [0.1, 0.15) is 27.5 Å². The second kappa shape index (κ2) is 8.19. The van der Waals surface area contributed by atoms with Crippen LogP contribution in [0.15, 0.2) is 42.5 Å². The topological polar surface area (TPSA) is 63.8 Å². The molecule has 0 radical (unpaired) electrons. The van der Waals surface area contributed by atoms with Crippen LogP contribution in [0.3, 0.4) is 0 Å². The second-order valence-corrected chi connectivity index (χ2v) is 8.54. The number of aromatic amines is 1. The van der Waals surface area contributed by atoms with Crippen molar-refractivity contribution in [2.75, 3.05) is 38.7 Å². The average Bonchev–Trinajstić information content (AvgIpc) is 3.43. The van der Waals surface area contributed by atoms with Gasteiger partial charge in [-0.3, -0.25) is 4.79 Å². The standard InChI is InChI=1S/C26H25ClN2O4/c1-14-9-20-22(18-8-6-5-7-17(14)18)16(12-27)13-29(20)26(30)19-10-15-11-21(31-2)24(32-3)25(33-4)23(15)28-19/h5-11,16,28H,12-13H2,1-4H3. The lowest BCUT2D eigenvalue weighted by Crippen LogP contribution is -2.30. The van der Waals surface area contributed by atoms with Crippen molar-refractivity contribution >= 4 is 44.9 Å². The van der Waals surface area contributed by atoms with E-state index < -0.39 is 0 Å². The molecule has 1 aliphatic heterocycles. The summed E-state index contributed by atoms with van der Waals surface area (Å²) in [5, 5.41) is 3.15. The van der Waals surface area contributed by atoms with Gasteiger partial charge in [0, 0.05) is 29.4 Å². The number of anilines is 1. The zero-order chi connectivity index (χ0) is 23.3. The summed E-state index contributed by atoms with van der Waals surface area (Å²) in [6.45, 7) is 2.61. The number of nitrogens with zero attached hydrogens (tertiary/aromatic N) is 1. The van der Waals surface area contributed by atoms with Crippen LogP contribution in [0.2, 0.25) is 0 Å². The Morgan fingerprint density at radius 1 is 1.06 bits per heavy atom. The molecule has 1 aromatic heterocycles. The van der Waals surface area contributed by atoms with E-state index in [9.17, 15) is 4.79 Å². The molecule has 5 rings (SSSR count). The third-order valence-electron chi connectivity index (χ3n) is 6.46. The lowest BCUT2D eigenvalue weighted by Gasteiger charge is -2.18. The summed E-state index contributed by atoms with van der Waals surface area (Å²) in [5.41, 5.74) is 4.33. The third kappa shape index (κ3) is 3.20. The Bertz CT molecular complexity index is 1390. The lowest BCUT2D eigenvalue weighted by atomic mass is 9.93. The van der Waals surface area contributed by atoms with Gasteiger partial charge in [0.2, 0.25) is 5.75 Å². The van der Waals surface area contributed by atoms with Crippen molar-refractivity contribution < 1.29 is 19.0 Å². The lowest BCUT2D eigenvalue weighted by molar-refractivity contribution is 0.0984. The number of carbonyl (C=O) groups is 1. The van der Waals surface area contributed by atoms with E-state index in [1.807, 2.05) is 29.2 Å². The van der Waals surface area contributed by atoms with Crippen molar-refractivity contribution in [1.82, 2.24) is 4.98 Å². The number of methoxy groups -OCH3 is 3. The van der Waals surface area contributed by atoms with Gasteiger partial charge in [0.05, 0.1) is 26.8 Å². The summed E-state index contributed by atoms with van der Waals surface area (Å²) in [7, 11) is 4.69. The number of carbonyl (C=O) groups excluding carboxylic acids is 1. The number of halogens is 1. The first-order valence-corrected chi connectivity index (χ1v) is 11.3. The highest BCUT2D eigenvalue weighted by Gasteiger charge is 2.35. The largest absolute Gasteiger partial charge is 0.493 e. The molecular formula is C26H25ClN2O4. The molecule has 7 heteroatoms. The fraction of sp³-hybridized carbons (Fsp3) is 0.269. The number of aryl methyl sites for hydroxylation is 1. The van der Waals surface area contributed by atoms with Gasteiger partial charge < -0.3 is 24.1 Å².